The first-order valence-corrected chi connectivity index (χ1v) is 7.01. The van der Waals surface area contributed by atoms with Crippen LogP contribution in [-0.4, -0.2) is 57.7 Å². The SMILES string of the molecule is COS(=O)(=O)O.COS(=O)(=O)O.O=S(=O)(O)O. The molecule has 0 aliphatic rings. The van der Waals surface area contributed by atoms with E-state index in [1.807, 2.05) is 0 Å². The summed E-state index contributed by atoms with van der Waals surface area (Å²) in [5, 5.41) is 0. The lowest BCUT2D eigenvalue weighted by molar-refractivity contribution is 0.323. The largest absolute Gasteiger partial charge is 0.397 e. The summed E-state index contributed by atoms with van der Waals surface area (Å²) in [7, 11) is -11.2. The Labute approximate surface area is 97.7 Å². The van der Waals surface area contributed by atoms with Gasteiger partial charge in [0.1, 0.15) is 0 Å². The van der Waals surface area contributed by atoms with E-state index in [1.54, 1.807) is 0 Å². The zero-order chi connectivity index (χ0) is 14.9. The fraction of sp³-hybridized carbons (Fsp3) is 1.00. The highest BCUT2D eigenvalue weighted by Gasteiger charge is 1.94. The van der Waals surface area contributed by atoms with E-state index in [9.17, 15) is 16.8 Å². The van der Waals surface area contributed by atoms with Gasteiger partial charge in [-0.3, -0.25) is 26.6 Å². The molecule has 0 aliphatic heterocycles. The van der Waals surface area contributed by atoms with Crippen molar-refractivity contribution in [3.63, 3.8) is 0 Å². The van der Waals surface area contributed by atoms with Gasteiger partial charge in [0.15, 0.2) is 0 Å². The minimum absolute atomic E-state index is 0.870. The maximum Gasteiger partial charge on any atom is 0.397 e. The highest BCUT2D eigenvalue weighted by atomic mass is 32.3. The zero-order valence-corrected chi connectivity index (χ0v) is 10.7. The minimum atomic E-state index is -4.67. The second-order valence-electron chi connectivity index (χ2n) is 1.64. The molecule has 0 aromatic carbocycles. The van der Waals surface area contributed by atoms with E-state index >= 15 is 0 Å². The molecule has 0 bridgehead atoms. The van der Waals surface area contributed by atoms with Crippen molar-refractivity contribution in [1.29, 1.82) is 0 Å². The molecule has 4 N–H and O–H groups in total. The standard InChI is InChI=1S/2CH4O4S.H2O4S/c2*1-5-6(2,3)4;1-5(2,3)4/h2*1H3,(H,2,3,4);(H2,1,2,3,4). The van der Waals surface area contributed by atoms with Crippen LogP contribution in [0.1, 0.15) is 0 Å². The normalized spacial score (nSPS) is 11.6. The van der Waals surface area contributed by atoms with Gasteiger partial charge in [-0.25, -0.2) is 0 Å². The van der Waals surface area contributed by atoms with Crippen molar-refractivity contribution in [2.45, 2.75) is 0 Å². The van der Waals surface area contributed by atoms with Gasteiger partial charge < -0.3 is 0 Å². The van der Waals surface area contributed by atoms with Crippen LogP contribution in [-0.2, 0) is 39.6 Å². The van der Waals surface area contributed by atoms with Crippen LogP contribution in [0.3, 0.4) is 0 Å². The van der Waals surface area contributed by atoms with Crippen LogP contribution < -0.4 is 0 Å². The lowest BCUT2D eigenvalue weighted by Gasteiger charge is -1.82. The molecule has 0 fully saturated rings. The van der Waals surface area contributed by atoms with Crippen LogP contribution in [0.2, 0.25) is 0 Å². The van der Waals surface area contributed by atoms with Crippen molar-refractivity contribution in [2.75, 3.05) is 14.2 Å². The highest BCUT2D eigenvalue weighted by Crippen LogP contribution is 1.75. The molecule has 0 atom stereocenters. The van der Waals surface area contributed by atoms with E-state index in [1.165, 1.54) is 0 Å². The summed E-state index contributed by atoms with van der Waals surface area (Å²) < 4.78 is 91.0. The average molecular weight is 322 g/mol. The third-order valence-corrected chi connectivity index (χ3v) is 1.26. The van der Waals surface area contributed by atoms with Crippen LogP contribution in [0.4, 0.5) is 0 Å². The first kappa shape index (κ1) is 21.9. The fourth-order valence-corrected chi connectivity index (χ4v) is 0. The Kier molecular flexibility index (Phi) is 11.1. The number of hydrogen-bond acceptors (Lipinski definition) is 8. The molecule has 0 saturated carbocycles. The molecule has 0 aromatic heterocycles. The Bertz CT molecular complexity index is 424. The quantitative estimate of drug-likeness (QED) is 0.416. The van der Waals surface area contributed by atoms with E-state index in [2.05, 4.69) is 8.37 Å². The summed E-state index contributed by atoms with van der Waals surface area (Å²) in [6.07, 6.45) is 0. The summed E-state index contributed by atoms with van der Waals surface area (Å²) in [6.45, 7) is 0. The molecule has 0 spiro atoms. The Hall–Kier alpha value is -0.390. The van der Waals surface area contributed by atoms with Gasteiger partial charge in [0.05, 0.1) is 14.2 Å². The summed E-state index contributed by atoms with van der Waals surface area (Å²) >= 11 is 0. The first-order chi connectivity index (χ1) is 7.12. The second-order valence-corrected chi connectivity index (χ2v) is 4.91. The molecule has 0 rings (SSSR count). The summed E-state index contributed by atoms with van der Waals surface area (Å²) in [4.78, 5) is 0. The molecule has 12 nitrogen and oxygen atoms in total. The molecular formula is C2H10O12S3. The third-order valence-electron chi connectivity index (χ3n) is 0.421. The molecule has 0 unspecified atom stereocenters. The maximum atomic E-state index is 9.33. The highest BCUT2D eigenvalue weighted by molar-refractivity contribution is 7.81. The smallest absolute Gasteiger partial charge is 0.264 e. The van der Waals surface area contributed by atoms with Gasteiger partial charge in [-0.2, -0.15) is 25.3 Å². The van der Waals surface area contributed by atoms with Crippen LogP contribution >= 0.6 is 0 Å². The topological polar surface area (TPSA) is 202 Å². The van der Waals surface area contributed by atoms with Crippen molar-refractivity contribution >= 4 is 31.2 Å². The van der Waals surface area contributed by atoms with Gasteiger partial charge in [-0.05, 0) is 0 Å². The van der Waals surface area contributed by atoms with Crippen LogP contribution in [0.5, 0.6) is 0 Å². The lowest BCUT2D eigenvalue weighted by Crippen LogP contribution is -1.96. The monoisotopic (exact) mass is 322 g/mol. The fourth-order valence-electron chi connectivity index (χ4n) is 0. The minimum Gasteiger partial charge on any atom is -0.264 e. The molecule has 0 heterocycles. The van der Waals surface area contributed by atoms with Crippen molar-refractivity contribution in [3.8, 4) is 0 Å². The van der Waals surface area contributed by atoms with Gasteiger partial charge >= 0.3 is 31.2 Å². The molecule has 0 radical (unpaired) electrons. The van der Waals surface area contributed by atoms with Crippen LogP contribution in [0.15, 0.2) is 0 Å². The molecule has 0 amide bonds. The van der Waals surface area contributed by atoms with Crippen LogP contribution in [0, 0.1) is 0 Å². The van der Waals surface area contributed by atoms with Gasteiger partial charge in [-0.1, -0.05) is 0 Å². The number of rotatable bonds is 2. The van der Waals surface area contributed by atoms with Gasteiger partial charge in [0.2, 0.25) is 0 Å². The summed E-state index contributed by atoms with van der Waals surface area (Å²) in [5.74, 6) is 0. The molecule has 0 aromatic rings. The second kappa shape index (κ2) is 8.66. The predicted octanol–water partition coefficient (Wildman–Crippen LogP) is -1.78. The van der Waals surface area contributed by atoms with E-state index in [0.717, 1.165) is 14.2 Å². The number of hydrogen-bond donors (Lipinski definition) is 4. The van der Waals surface area contributed by atoms with Crippen molar-refractivity contribution in [3.05, 3.63) is 0 Å². The van der Waals surface area contributed by atoms with Crippen LogP contribution in [0.25, 0.3) is 0 Å². The van der Waals surface area contributed by atoms with E-state index in [-0.39, 0.29) is 0 Å². The molecule has 108 valence electrons. The van der Waals surface area contributed by atoms with E-state index in [4.69, 9.17) is 26.6 Å². The van der Waals surface area contributed by atoms with Gasteiger partial charge in [0.25, 0.3) is 0 Å². The first-order valence-electron chi connectivity index (χ1n) is 2.88. The molecule has 15 heteroatoms. The summed E-state index contributed by atoms with van der Waals surface area (Å²) in [5.41, 5.74) is 0. The van der Waals surface area contributed by atoms with Crippen molar-refractivity contribution in [2.24, 2.45) is 0 Å². The Morgan fingerprint density at radius 1 is 0.647 bits per heavy atom. The Balaban J connectivity index is -0.000000174. The molecule has 17 heavy (non-hydrogen) atoms. The van der Waals surface area contributed by atoms with Gasteiger partial charge in [0, 0.05) is 0 Å². The van der Waals surface area contributed by atoms with Gasteiger partial charge in [-0.15, -0.1) is 0 Å². The Morgan fingerprint density at radius 3 is 0.706 bits per heavy atom. The zero-order valence-electron chi connectivity index (χ0n) is 8.28. The lowest BCUT2D eigenvalue weighted by atomic mass is 11.8. The predicted molar refractivity (Wildman–Crippen MR) is 51.3 cm³/mol. The molecule has 0 aliphatic carbocycles. The summed E-state index contributed by atoms with van der Waals surface area (Å²) in [6, 6.07) is 0. The Morgan fingerprint density at radius 2 is 0.706 bits per heavy atom. The van der Waals surface area contributed by atoms with E-state index < -0.39 is 31.2 Å². The van der Waals surface area contributed by atoms with Crippen molar-refractivity contribution < 1.29 is 51.8 Å². The maximum absolute atomic E-state index is 9.33. The van der Waals surface area contributed by atoms with E-state index in [0.29, 0.717) is 0 Å². The average Bonchev–Trinajstić information content (AvgIpc) is 2.00. The molecular weight excluding hydrogens is 312 g/mol. The molecule has 0 saturated heterocycles. The third kappa shape index (κ3) is 91.9. The van der Waals surface area contributed by atoms with Crippen molar-refractivity contribution in [1.82, 2.24) is 0 Å².